The highest BCUT2D eigenvalue weighted by Crippen LogP contribution is 2.22. The fourth-order valence-electron chi connectivity index (χ4n) is 3.05. The van der Waals surface area contributed by atoms with E-state index in [0.29, 0.717) is 23.5 Å². The molecule has 0 unspecified atom stereocenters. The molecule has 0 saturated heterocycles. The zero-order valence-electron chi connectivity index (χ0n) is 17.0. The molecule has 0 aliphatic carbocycles. The van der Waals surface area contributed by atoms with Gasteiger partial charge in [0.2, 0.25) is 0 Å². The van der Waals surface area contributed by atoms with Gasteiger partial charge in [0.05, 0.1) is 12.3 Å². The highest BCUT2D eigenvalue weighted by Gasteiger charge is 2.09. The van der Waals surface area contributed by atoms with E-state index in [2.05, 4.69) is 27.5 Å². The molecule has 0 fully saturated rings. The van der Waals surface area contributed by atoms with E-state index in [1.807, 2.05) is 55.5 Å². The van der Waals surface area contributed by atoms with Crippen molar-refractivity contribution in [3.05, 3.63) is 72.1 Å². The number of amides is 1. The SMILES string of the molecule is CCCCOc1ccc(C(=O)Nc2cccc(-c3ccc4nnc(C)n4n3)c2)cc1. The van der Waals surface area contributed by atoms with E-state index in [1.54, 1.807) is 16.6 Å². The molecule has 0 bridgehead atoms. The van der Waals surface area contributed by atoms with Gasteiger partial charge in [-0.25, -0.2) is 0 Å². The summed E-state index contributed by atoms with van der Waals surface area (Å²) in [6.45, 7) is 4.66. The molecular weight excluding hydrogens is 378 g/mol. The number of anilines is 1. The molecule has 2 aromatic carbocycles. The summed E-state index contributed by atoms with van der Waals surface area (Å²) in [7, 11) is 0. The van der Waals surface area contributed by atoms with Crippen LogP contribution in [-0.4, -0.2) is 32.3 Å². The van der Waals surface area contributed by atoms with Crippen molar-refractivity contribution in [3.8, 4) is 17.0 Å². The van der Waals surface area contributed by atoms with Crippen molar-refractivity contribution in [2.24, 2.45) is 0 Å². The first-order valence-electron chi connectivity index (χ1n) is 9.98. The average Bonchev–Trinajstić information content (AvgIpc) is 3.15. The van der Waals surface area contributed by atoms with Gasteiger partial charge >= 0.3 is 0 Å². The van der Waals surface area contributed by atoms with Gasteiger partial charge in [0.25, 0.3) is 5.91 Å². The number of unbranched alkanes of at least 4 members (excludes halogenated alkanes) is 1. The van der Waals surface area contributed by atoms with Gasteiger partial charge in [-0.3, -0.25) is 4.79 Å². The van der Waals surface area contributed by atoms with Crippen molar-refractivity contribution in [1.29, 1.82) is 0 Å². The number of carbonyl (C=O) groups excluding carboxylic acids is 1. The maximum absolute atomic E-state index is 12.6. The van der Waals surface area contributed by atoms with Crippen LogP contribution in [0.1, 0.15) is 35.9 Å². The van der Waals surface area contributed by atoms with Crippen LogP contribution in [-0.2, 0) is 0 Å². The van der Waals surface area contributed by atoms with Crippen molar-refractivity contribution < 1.29 is 9.53 Å². The van der Waals surface area contributed by atoms with Crippen LogP contribution in [0.4, 0.5) is 5.69 Å². The van der Waals surface area contributed by atoms with Crippen LogP contribution >= 0.6 is 0 Å². The molecule has 2 heterocycles. The smallest absolute Gasteiger partial charge is 0.255 e. The molecule has 0 aliphatic rings. The van der Waals surface area contributed by atoms with Crippen molar-refractivity contribution in [1.82, 2.24) is 19.8 Å². The molecule has 0 atom stereocenters. The topological polar surface area (TPSA) is 81.4 Å². The minimum absolute atomic E-state index is 0.176. The Morgan fingerprint density at radius 2 is 1.90 bits per heavy atom. The number of carbonyl (C=O) groups is 1. The van der Waals surface area contributed by atoms with Gasteiger partial charge in [-0.2, -0.15) is 9.61 Å². The second-order valence-electron chi connectivity index (χ2n) is 7.00. The summed E-state index contributed by atoms with van der Waals surface area (Å²) in [5.74, 6) is 1.32. The fraction of sp³-hybridized carbons (Fsp3) is 0.217. The first-order chi connectivity index (χ1) is 14.6. The predicted octanol–water partition coefficient (Wildman–Crippen LogP) is 4.53. The van der Waals surface area contributed by atoms with Crippen molar-refractivity contribution >= 4 is 17.2 Å². The molecule has 4 rings (SSSR count). The van der Waals surface area contributed by atoms with E-state index >= 15 is 0 Å². The van der Waals surface area contributed by atoms with Gasteiger partial charge < -0.3 is 10.1 Å². The lowest BCUT2D eigenvalue weighted by Crippen LogP contribution is -2.11. The number of nitrogens with one attached hydrogen (secondary N) is 1. The van der Waals surface area contributed by atoms with E-state index < -0.39 is 0 Å². The molecule has 2 aromatic heterocycles. The molecular formula is C23H23N5O2. The fourth-order valence-corrected chi connectivity index (χ4v) is 3.05. The molecule has 152 valence electrons. The Morgan fingerprint density at radius 1 is 1.07 bits per heavy atom. The van der Waals surface area contributed by atoms with Gasteiger partial charge in [0.1, 0.15) is 5.75 Å². The Hall–Kier alpha value is -3.74. The summed E-state index contributed by atoms with van der Waals surface area (Å²) in [6.07, 6.45) is 2.10. The van der Waals surface area contributed by atoms with Gasteiger partial charge in [-0.1, -0.05) is 25.5 Å². The number of rotatable bonds is 7. The molecule has 1 N–H and O–H groups in total. The van der Waals surface area contributed by atoms with E-state index in [1.165, 1.54) is 0 Å². The zero-order chi connectivity index (χ0) is 20.9. The van der Waals surface area contributed by atoms with E-state index in [0.717, 1.165) is 35.7 Å². The summed E-state index contributed by atoms with van der Waals surface area (Å²) in [5.41, 5.74) is 3.63. The summed E-state index contributed by atoms with van der Waals surface area (Å²) in [5, 5.41) is 15.6. The van der Waals surface area contributed by atoms with Crippen LogP contribution in [0.5, 0.6) is 5.75 Å². The third-order valence-electron chi connectivity index (χ3n) is 4.72. The van der Waals surface area contributed by atoms with E-state index in [-0.39, 0.29) is 5.91 Å². The van der Waals surface area contributed by atoms with Gasteiger partial charge in [-0.15, -0.1) is 10.2 Å². The van der Waals surface area contributed by atoms with Gasteiger partial charge in [0, 0.05) is 16.8 Å². The number of aromatic nitrogens is 4. The van der Waals surface area contributed by atoms with Crippen LogP contribution in [0.2, 0.25) is 0 Å². The molecule has 7 heteroatoms. The monoisotopic (exact) mass is 401 g/mol. The normalized spacial score (nSPS) is 10.9. The third kappa shape index (κ3) is 4.30. The minimum atomic E-state index is -0.176. The molecule has 0 spiro atoms. The van der Waals surface area contributed by atoms with Crippen molar-refractivity contribution in [2.45, 2.75) is 26.7 Å². The number of nitrogens with zero attached hydrogens (tertiary/aromatic N) is 4. The Labute approximate surface area is 174 Å². The lowest BCUT2D eigenvalue weighted by molar-refractivity contribution is 0.102. The number of benzene rings is 2. The van der Waals surface area contributed by atoms with E-state index in [9.17, 15) is 4.79 Å². The lowest BCUT2D eigenvalue weighted by Gasteiger charge is -2.09. The second-order valence-corrected chi connectivity index (χ2v) is 7.00. The summed E-state index contributed by atoms with van der Waals surface area (Å²) >= 11 is 0. The summed E-state index contributed by atoms with van der Waals surface area (Å²) in [4.78, 5) is 12.6. The van der Waals surface area contributed by atoms with Crippen molar-refractivity contribution in [3.63, 3.8) is 0 Å². The van der Waals surface area contributed by atoms with Crippen LogP contribution in [0, 0.1) is 6.92 Å². The van der Waals surface area contributed by atoms with Crippen LogP contribution < -0.4 is 10.1 Å². The summed E-state index contributed by atoms with van der Waals surface area (Å²) in [6, 6.07) is 18.5. The molecule has 1 amide bonds. The summed E-state index contributed by atoms with van der Waals surface area (Å²) < 4.78 is 7.35. The van der Waals surface area contributed by atoms with Crippen LogP contribution in [0.25, 0.3) is 16.9 Å². The Morgan fingerprint density at radius 3 is 2.70 bits per heavy atom. The minimum Gasteiger partial charge on any atom is -0.494 e. The molecule has 30 heavy (non-hydrogen) atoms. The molecule has 0 aliphatic heterocycles. The predicted molar refractivity (Wildman–Crippen MR) is 116 cm³/mol. The number of ether oxygens (including phenoxy) is 1. The first-order valence-corrected chi connectivity index (χ1v) is 9.98. The van der Waals surface area contributed by atoms with Gasteiger partial charge in [-0.05, 0) is 61.9 Å². The van der Waals surface area contributed by atoms with Crippen molar-refractivity contribution in [2.75, 3.05) is 11.9 Å². The molecule has 0 radical (unpaired) electrons. The lowest BCUT2D eigenvalue weighted by atomic mass is 10.1. The number of aryl methyl sites for hydroxylation is 1. The van der Waals surface area contributed by atoms with E-state index in [4.69, 9.17) is 4.74 Å². The maximum atomic E-state index is 12.6. The quantitative estimate of drug-likeness (QED) is 0.460. The van der Waals surface area contributed by atoms with Crippen LogP contribution in [0.3, 0.4) is 0 Å². The molecule has 0 saturated carbocycles. The third-order valence-corrected chi connectivity index (χ3v) is 4.72. The molecule has 7 nitrogen and oxygen atoms in total. The largest absolute Gasteiger partial charge is 0.494 e. The van der Waals surface area contributed by atoms with Crippen LogP contribution in [0.15, 0.2) is 60.7 Å². The number of fused-ring (bicyclic) bond motifs is 1. The first kappa shape index (κ1) is 19.6. The maximum Gasteiger partial charge on any atom is 0.255 e. The second kappa shape index (κ2) is 8.73. The Bertz CT molecular complexity index is 1170. The highest BCUT2D eigenvalue weighted by molar-refractivity contribution is 6.04. The Kier molecular flexibility index (Phi) is 5.70. The average molecular weight is 401 g/mol. The highest BCUT2D eigenvalue weighted by atomic mass is 16.5. The molecule has 4 aromatic rings. The number of hydrogen-bond acceptors (Lipinski definition) is 5. The Balaban J connectivity index is 1.48. The zero-order valence-corrected chi connectivity index (χ0v) is 17.0. The number of hydrogen-bond donors (Lipinski definition) is 1. The standard InChI is InChI=1S/C23H23N5O2/c1-3-4-14-30-20-10-8-17(9-11-20)23(29)24-19-7-5-6-18(15-19)21-12-13-22-26-25-16(2)28(22)27-21/h5-13,15H,3-4,14H2,1-2H3,(H,24,29). The van der Waals surface area contributed by atoms with Gasteiger partial charge in [0.15, 0.2) is 11.5 Å².